The number of likely N-dealkylation sites (tertiary alicyclic amines) is 1. The van der Waals surface area contributed by atoms with Crippen molar-refractivity contribution >= 4 is 18.8 Å². The van der Waals surface area contributed by atoms with Crippen LogP contribution >= 0.6 is 0 Å². The highest BCUT2D eigenvalue weighted by atomic mass is 16.7. The Morgan fingerprint density at radius 3 is 2.61 bits per heavy atom. The first kappa shape index (κ1) is 12.2. The molecule has 0 radical (unpaired) electrons. The highest BCUT2D eigenvalue weighted by Crippen LogP contribution is 2.36. The molecule has 0 bridgehead atoms. The Morgan fingerprint density at radius 2 is 2.00 bits per heavy atom. The molecule has 154 valence electrons. The zero-order valence-corrected chi connectivity index (χ0v) is 17.3. The maximum absolute atomic E-state index is 13.1. The highest BCUT2D eigenvalue weighted by Gasteiger charge is 2.52. The van der Waals surface area contributed by atoms with E-state index in [2.05, 4.69) is 4.98 Å². The van der Waals surface area contributed by atoms with Crippen LogP contribution in [0.3, 0.4) is 0 Å². The van der Waals surface area contributed by atoms with Crippen molar-refractivity contribution in [2.75, 3.05) is 13.0 Å². The summed E-state index contributed by atoms with van der Waals surface area (Å²) < 4.78 is 94.6. The second kappa shape index (κ2) is 7.34. The van der Waals surface area contributed by atoms with E-state index in [1.54, 1.807) is 27.7 Å². The van der Waals surface area contributed by atoms with Gasteiger partial charge < -0.3 is 18.9 Å². The molecule has 0 aliphatic carbocycles. The predicted octanol–water partition coefficient (Wildman–Crippen LogP) is 3.50. The molecule has 0 saturated carbocycles. The predicted molar refractivity (Wildman–Crippen MR) is 110 cm³/mol. The van der Waals surface area contributed by atoms with Gasteiger partial charge in [-0.25, -0.2) is 4.79 Å². The van der Waals surface area contributed by atoms with E-state index in [0.717, 1.165) is 12.1 Å². The van der Waals surface area contributed by atoms with Crippen molar-refractivity contribution in [3.63, 3.8) is 0 Å². The van der Waals surface area contributed by atoms with Gasteiger partial charge in [-0.15, -0.1) is 0 Å². The van der Waals surface area contributed by atoms with Crippen LogP contribution in [0.2, 0.25) is 0 Å². The van der Waals surface area contributed by atoms with E-state index in [4.69, 9.17) is 26.4 Å². The van der Waals surface area contributed by atoms with Gasteiger partial charge in [-0.2, -0.15) is 0 Å². The number of amides is 1. The van der Waals surface area contributed by atoms with E-state index in [1.807, 2.05) is 0 Å². The molecule has 1 unspecified atom stereocenters. The molecule has 7 heteroatoms. The highest BCUT2D eigenvalue weighted by molar-refractivity contribution is 6.61. The third kappa shape index (κ3) is 4.52. The summed E-state index contributed by atoms with van der Waals surface area (Å²) in [5, 5.41) is 0. The standard InChI is InChI=1S/C21H33BN2O4/c1-19(2,3)26-18(25)24-12-8-9-16(14-24)15-10-11-23-17(13-15)22-27-20(4,5)21(6,7)28-22/h10-11,13,16H,8-9,12,14H2,1-7H3/i8D2,9D2,12D2,14D2,16D. The van der Waals surface area contributed by atoms with E-state index in [0.29, 0.717) is 0 Å². The average Bonchev–Trinajstić information content (AvgIpc) is 2.91. The molecule has 2 saturated heterocycles. The molecule has 28 heavy (non-hydrogen) atoms. The van der Waals surface area contributed by atoms with Gasteiger partial charge in [0.25, 0.3) is 0 Å². The number of ether oxygens (including phenoxy) is 1. The maximum atomic E-state index is 13.1. The zero-order valence-electron chi connectivity index (χ0n) is 26.3. The first-order valence-electron chi connectivity index (χ1n) is 13.6. The molecular formula is C21H33BN2O4. The van der Waals surface area contributed by atoms with Gasteiger partial charge in [0.15, 0.2) is 0 Å². The molecule has 1 atom stereocenters. The summed E-state index contributed by atoms with van der Waals surface area (Å²) in [6.07, 6.45) is -7.45. The van der Waals surface area contributed by atoms with Crippen molar-refractivity contribution in [2.24, 2.45) is 0 Å². The number of carbonyl (C=O) groups excluding carboxylic acids is 1. The Bertz CT molecular complexity index is 1080. The van der Waals surface area contributed by atoms with E-state index in [9.17, 15) is 4.79 Å². The van der Waals surface area contributed by atoms with Crippen molar-refractivity contribution in [1.82, 2.24) is 9.88 Å². The van der Waals surface area contributed by atoms with Gasteiger partial charge in [-0.05, 0) is 78.9 Å². The first-order chi connectivity index (χ1) is 16.3. The number of rotatable bonds is 2. The fraction of sp³-hybridized carbons (Fsp3) is 0.714. The van der Waals surface area contributed by atoms with Crippen LogP contribution in [0.25, 0.3) is 0 Å². The molecule has 0 aromatic carbocycles. The molecule has 1 amide bonds. The summed E-state index contributed by atoms with van der Waals surface area (Å²) >= 11 is 0. The number of hydrogen-bond acceptors (Lipinski definition) is 5. The number of pyridine rings is 1. The van der Waals surface area contributed by atoms with Crippen LogP contribution in [0.15, 0.2) is 18.3 Å². The number of hydrogen-bond donors (Lipinski definition) is 0. The molecule has 2 aliphatic heterocycles. The molecule has 0 spiro atoms. The van der Waals surface area contributed by atoms with Gasteiger partial charge in [0.1, 0.15) is 5.60 Å². The van der Waals surface area contributed by atoms with Gasteiger partial charge in [0.2, 0.25) is 0 Å². The van der Waals surface area contributed by atoms with Gasteiger partial charge >= 0.3 is 13.2 Å². The normalized spacial score (nSPS) is 38.9. The fourth-order valence-electron chi connectivity index (χ4n) is 2.55. The topological polar surface area (TPSA) is 60.9 Å². The molecule has 1 aromatic heterocycles. The Hall–Kier alpha value is -1.60. The number of carbonyl (C=O) groups is 1. The molecule has 0 N–H and O–H groups in total. The average molecular weight is 397 g/mol. The molecule has 3 heterocycles. The van der Waals surface area contributed by atoms with Crippen molar-refractivity contribution in [3.05, 3.63) is 23.9 Å². The Balaban J connectivity index is 2.23. The molecule has 3 rings (SSSR count). The van der Waals surface area contributed by atoms with E-state index < -0.39 is 67.2 Å². The molecule has 1 aromatic rings. The van der Waals surface area contributed by atoms with Crippen molar-refractivity contribution in [1.29, 1.82) is 0 Å². The van der Waals surface area contributed by atoms with Crippen LogP contribution in [0.5, 0.6) is 0 Å². The number of piperidine rings is 1. The van der Waals surface area contributed by atoms with Crippen LogP contribution in [0.4, 0.5) is 4.79 Å². The Morgan fingerprint density at radius 1 is 1.36 bits per heavy atom. The van der Waals surface area contributed by atoms with Gasteiger partial charge in [-0.3, -0.25) is 4.98 Å². The lowest BCUT2D eigenvalue weighted by Gasteiger charge is -2.34. The minimum atomic E-state index is -3.56. The summed E-state index contributed by atoms with van der Waals surface area (Å²) in [5.41, 5.74) is -3.05. The van der Waals surface area contributed by atoms with E-state index >= 15 is 0 Å². The first-order valence-corrected chi connectivity index (χ1v) is 9.13. The summed E-state index contributed by atoms with van der Waals surface area (Å²) in [6, 6.07) is 2.29. The van der Waals surface area contributed by atoms with Crippen LogP contribution < -0.4 is 5.59 Å². The Labute approximate surface area is 181 Å². The largest absolute Gasteiger partial charge is 0.514 e. The van der Waals surface area contributed by atoms with Gasteiger partial charge in [-0.1, -0.05) is 0 Å². The monoisotopic (exact) mass is 397 g/mol. The zero-order chi connectivity index (χ0) is 28.8. The van der Waals surface area contributed by atoms with Crippen LogP contribution in [0.1, 0.15) is 85.0 Å². The van der Waals surface area contributed by atoms with Crippen LogP contribution in [-0.4, -0.2) is 52.9 Å². The lowest BCUT2D eigenvalue weighted by atomic mass is 9.81. The number of nitrogens with zero attached hydrogens (tertiary/aromatic N) is 2. The minimum Gasteiger partial charge on any atom is -0.444 e. The summed E-state index contributed by atoms with van der Waals surface area (Å²) in [5.74, 6) is -3.19. The van der Waals surface area contributed by atoms with E-state index in [1.165, 1.54) is 27.0 Å². The third-order valence-electron chi connectivity index (χ3n) is 4.72. The van der Waals surface area contributed by atoms with Crippen LogP contribution in [-0.2, 0) is 14.0 Å². The summed E-state index contributed by atoms with van der Waals surface area (Å²) in [7, 11) is -1.06. The SMILES string of the molecule is [2H]C1([2H])N(C(=O)OC(C)(C)C)C([2H])([2H])C([2H])(c2ccnc(B3OC(C)(C)C(C)(C)O3)c2)C([2H])([2H])C1([2H])[2H]. The molecule has 6 nitrogen and oxygen atoms in total. The lowest BCUT2D eigenvalue weighted by molar-refractivity contribution is 0.00578. The summed E-state index contributed by atoms with van der Waals surface area (Å²) in [4.78, 5) is 17.1. The number of aromatic nitrogens is 1. The van der Waals surface area contributed by atoms with Crippen molar-refractivity contribution in [2.45, 2.75) is 83.9 Å². The summed E-state index contributed by atoms with van der Waals surface area (Å²) in [6.45, 7) is 4.61. The third-order valence-corrected chi connectivity index (χ3v) is 4.72. The lowest BCUT2D eigenvalue weighted by Crippen LogP contribution is -2.42. The Kier molecular flexibility index (Phi) is 3.19. The maximum Gasteiger partial charge on any atom is 0.514 e. The smallest absolute Gasteiger partial charge is 0.444 e. The second-order valence-corrected chi connectivity index (χ2v) is 8.72. The second-order valence-electron chi connectivity index (χ2n) is 8.72. The molecular weight excluding hydrogens is 355 g/mol. The fourth-order valence-corrected chi connectivity index (χ4v) is 2.55. The van der Waals surface area contributed by atoms with E-state index in [-0.39, 0.29) is 10.5 Å². The van der Waals surface area contributed by atoms with Crippen LogP contribution in [0, 0.1) is 0 Å². The van der Waals surface area contributed by atoms with Gasteiger partial charge in [0.05, 0.1) is 19.5 Å². The van der Waals surface area contributed by atoms with Gasteiger partial charge in [0, 0.05) is 34.7 Å². The minimum absolute atomic E-state index is 0.0762. The van der Waals surface area contributed by atoms with Crippen molar-refractivity contribution < 1.29 is 31.2 Å². The molecule has 2 aliphatic rings. The quantitative estimate of drug-likeness (QED) is 0.715. The molecule has 2 fully saturated rings. The van der Waals surface area contributed by atoms with Crippen molar-refractivity contribution in [3.8, 4) is 0 Å².